The Hall–Kier alpha value is -1.81. The van der Waals surface area contributed by atoms with Crippen LogP contribution in [-0.4, -0.2) is 18.1 Å². The molecular weight excluding hydrogens is 256 g/mol. The molecule has 0 aliphatic heterocycles. The highest BCUT2D eigenvalue weighted by molar-refractivity contribution is 7.07. The SMILES string of the molecule is CC(Cc1ccsc1)N(C)c1nc2ccccc2o1. The molecule has 0 bridgehead atoms. The lowest BCUT2D eigenvalue weighted by molar-refractivity contribution is 0.547. The first-order valence-electron chi connectivity index (χ1n) is 6.33. The minimum Gasteiger partial charge on any atom is -0.423 e. The number of thiophene rings is 1. The molecule has 4 heteroatoms. The quantitative estimate of drug-likeness (QED) is 0.720. The summed E-state index contributed by atoms with van der Waals surface area (Å²) in [5.41, 5.74) is 3.11. The number of nitrogens with zero attached hydrogens (tertiary/aromatic N) is 2. The molecule has 1 atom stereocenters. The van der Waals surface area contributed by atoms with E-state index in [9.17, 15) is 0 Å². The van der Waals surface area contributed by atoms with E-state index in [1.54, 1.807) is 11.3 Å². The summed E-state index contributed by atoms with van der Waals surface area (Å²) in [7, 11) is 2.03. The third kappa shape index (κ3) is 2.49. The molecule has 1 aromatic carbocycles. The van der Waals surface area contributed by atoms with E-state index >= 15 is 0 Å². The van der Waals surface area contributed by atoms with E-state index in [0.717, 1.165) is 17.5 Å². The van der Waals surface area contributed by atoms with Crippen LogP contribution < -0.4 is 4.90 Å². The van der Waals surface area contributed by atoms with E-state index in [-0.39, 0.29) is 0 Å². The van der Waals surface area contributed by atoms with Crippen LogP contribution in [0.15, 0.2) is 45.5 Å². The van der Waals surface area contributed by atoms with Gasteiger partial charge in [0, 0.05) is 13.1 Å². The third-order valence-electron chi connectivity index (χ3n) is 3.36. The van der Waals surface area contributed by atoms with E-state index in [1.807, 2.05) is 31.3 Å². The molecule has 0 spiro atoms. The van der Waals surface area contributed by atoms with Crippen LogP contribution >= 0.6 is 11.3 Å². The van der Waals surface area contributed by atoms with Crippen molar-refractivity contribution in [1.82, 2.24) is 4.98 Å². The number of fused-ring (bicyclic) bond motifs is 1. The number of oxazole rings is 1. The monoisotopic (exact) mass is 272 g/mol. The van der Waals surface area contributed by atoms with Crippen LogP contribution in [0.2, 0.25) is 0 Å². The van der Waals surface area contributed by atoms with Gasteiger partial charge in [-0.05, 0) is 47.9 Å². The van der Waals surface area contributed by atoms with Gasteiger partial charge >= 0.3 is 0 Å². The highest BCUT2D eigenvalue weighted by Crippen LogP contribution is 2.23. The summed E-state index contributed by atoms with van der Waals surface area (Å²) in [4.78, 5) is 6.62. The Bertz CT molecular complexity index is 627. The maximum absolute atomic E-state index is 5.79. The molecule has 3 nitrogen and oxygen atoms in total. The second-order valence-electron chi connectivity index (χ2n) is 4.76. The largest absolute Gasteiger partial charge is 0.423 e. The first kappa shape index (κ1) is 12.2. The summed E-state index contributed by atoms with van der Waals surface area (Å²) in [6.07, 6.45) is 0.999. The first-order valence-corrected chi connectivity index (χ1v) is 7.28. The Labute approximate surface area is 116 Å². The van der Waals surface area contributed by atoms with Crippen LogP contribution in [0.1, 0.15) is 12.5 Å². The maximum Gasteiger partial charge on any atom is 0.298 e. The second kappa shape index (κ2) is 5.05. The number of hydrogen-bond acceptors (Lipinski definition) is 4. The lowest BCUT2D eigenvalue weighted by Crippen LogP contribution is -2.30. The van der Waals surface area contributed by atoms with Gasteiger partial charge in [-0.2, -0.15) is 16.3 Å². The molecule has 0 aliphatic carbocycles. The van der Waals surface area contributed by atoms with Crippen LogP contribution in [0.5, 0.6) is 0 Å². The predicted molar refractivity (Wildman–Crippen MR) is 79.9 cm³/mol. The Balaban J connectivity index is 1.80. The van der Waals surface area contributed by atoms with E-state index < -0.39 is 0 Å². The zero-order chi connectivity index (χ0) is 13.2. The second-order valence-corrected chi connectivity index (χ2v) is 5.54. The zero-order valence-corrected chi connectivity index (χ0v) is 11.9. The third-order valence-corrected chi connectivity index (χ3v) is 4.09. The number of benzene rings is 1. The van der Waals surface area contributed by atoms with Crippen molar-refractivity contribution in [3.63, 3.8) is 0 Å². The molecule has 98 valence electrons. The van der Waals surface area contributed by atoms with Crippen LogP contribution in [0.4, 0.5) is 6.01 Å². The van der Waals surface area contributed by atoms with E-state index in [1.165, 1.54) is 5.56 Å². The summed E-state index contributed by atoms with van der Waals surface area (Å²) in [5, 5.41) is 4.30. The normalized spacial score (nSPS) is 12.7. The molecule has 0 fully saturated rings. The molecule has 0 saturated heterocycles. The molecule has 3 aromatic rings. The smallest absolute Gasteiger partial charge is 0.298 e. The Morgan fingerprint density at radius 2 is 2.16 bits per heavy atom. The van der Waals surface area contributed by atoms with Gasteiger partial charge < -0.3 is 9.32 Å². The summed E-state index contributed by atoms with van der Waals surface area (Å²) in [5.74, 6) is 0. The first-order chi connectivity index (χ1) is 9.24. The van der Waals surface area contributed by atoms with Crippen LogP contribution in [0.3, 0.4) is 0 Å². The highest BCUT2D eigenvalue weighted by atomic mass is 32.1. The highest BCUT2D eigenvalue weighted by Gasteiger charge is 2.16. The van der Waals surface area contributed by atoms with Crippen molar-refractivity contribution in [2.24, 2.45) is 0 Å². The van der Waals surface area contributed by atoms with Gasteiger partial charge in [-0.3, -0.25) is 0 Å². The van der Waals surface area contributed by atoms with Gasteiger partial charge in [-0.15, -0.1) is 0 Å². The van der Waals surface area contributed by atoms with Gasteiger partial charge in [-0.25, -0.2) is 0 Å². The Morgan fingerprint density at radius 1 is 1.32 bits per heavy atom. The molecule has 2 heterocycles. The number of aromatic nitrogens is 1. The van der Waals surface area contributed by atoms with Crippen molar-refractivity contribution in [2.45, 2.75) is 19.4 Å². The van der Waals surface area contributed by atoms with Crippen molar-refractivity contribution >= 4 is 28.5 Å². The van der Waals surface area contributed by atoms with E-state index in [4.69, 9.17) is 4.42 Å². The van der Waals surface area contributed by atoms with Gasteiger partial charge in [-0.1, -0.05) is 12.1 Å². The topological polar surface area (TPSA) is 29.3 Å². The molecule has 19 heavy (non-hydrogen) atoms. The summed E-state index contributed by atoms with van der Waals surface area (Å²) in [6.45, 7) is 2.19. The Morgan fingerprint density at radius 3 is 2.89 bits per heavy atom. The van der Waals surface area contributed by atoms with Crippen LogP contribution in [0, 0.1) is 0 Å². The molecule has 0 saturated carbocycles. The van der Waals surface area contributed by atoms with Crippen molar-refractivity contribution in [2.75, 3.05) is 11.9 Å². The van der Waals surface area contributed by atoms with Crippen molar-refractivity contribution in [1.29, 1.82) is 0 Å². The fourth-order valence-corrected chi connectivity index (χ4v) is 2.77. The lowest BCUT2D eigenvalue weighted by atomic mass is 10.1. The summed E-state index contributed by atoms with van der Waals surface area (Å²) < 4.78 is 5.79. The predicted octanol–water partition coefficient (Wildman–Crippen LogP) is 3.96. The van der Waals surface area contributed by atoms with Crippen molar-refractivity contribution < 1.29 is 4.42 Å². The van der Waals surface area contributed by atoms with Crippen LogP contribution in [-0.2, 0) is 6.42 Å². The number of likely N-dealkylation sites (N-methyl/N-ethyl adjacent to an activating group) is 1. The molecule has 0 amide bonds. The minimum atomic E-state index is 0.350. The molecule has 0 radical (unpaired) electrons. The summed E-state index contributed by atoms with van der Waals surface area (Å²) in [6, 6.07) is 11.1. The Kier molecular flexibility index (Phi) is 3.25. The molecule has 0 aliphatic rings. The van der Waals surface area contributed by atoms with E-state index in [0.29, 0.717) is 12.1 Å². The van der Waals surface area contributed by atoms with Gasteiger partial charge in [0.2, 0.25) is 0 Å². The van der Waals surface area contributed by atoms with Gasteiger partial charge in [0.15, 0.2) is 5.58 Å². The maximum atomic E-state index is 5.79. The van der Waals surface area contributed by atoms with Gasteiger partial charge in [0.1, 0.15) is 5.52 Å². The average Bonchev–Trinajstić information content (AvgIpc) is 3.05. The molecular formula is C15H16N2OS. The molecule has 2 aromatic heterocycles. The van der Waals surface area contributed by atoms with Crippen molar-refractivity contribution in [3.8, 4) is 0 Å². The average molecular weight is 272 g/mol. The minimum absolute atomic E-state index is 0.350. The van der Waals surface area contributed by atoms with Gasteiger partial charge in [0.05, 0.1) is 0 Å². The number of hydrogen-bond donors (Lipinski definition) is 0. The molecule has 3 rings (SSSR count). The summed E-state index contributed by atoms with van der Waals surface area (Å²) >= 11 is 1.74. The van der Waals surface area contributed by atoms with Crippen LogP contribution in [0.25, 0.3) is 11.1 Å². The van der Waals surface area contributed by atoms with Gasteiger partial charge in [0.25, 0.3) is 6.01 Å². The van der Waals surface area contributed by atoms with E-state index in [2.05, 4.69) is 33.6 Å². The number of anilines is 1. The zero-order valence-electron chi connectivity index (χ0n) is 11.0. The number of para-hydroxylation sites is 2. The lowest BCUT2D eigenvalue weighted by Gasteiger charge is -2.22. The fraction of sp³-hybridized carbons (Fsp3) is 0.267. The fourth-order valence-electron chi connectivity index (χ4n) is 2.09. The van der Waals surface area contributed by atoms with Crippen molar-refractivity contribution in [3.05, 3.63) is 46.7 Å². The standard InChI is InChI=1S/C15H16N2OS/c1-11(9-12-7-8-19-10-12)17(2)15-16-13-5-3-4-6-14(13)18-15/h3-8,10-11H,9H2,1-2H3. The number of rotatable bonds is 4. The molecule has 0 N–H and O–H groups in total. The molecule has 1 unspecified atom stereocenters.